The average Bonchev–Trinajstić information content (AvgIpc) is 2.29. The minimum Gasteiger partial charge on any atom is -0.207 e. The monoisotopic (exact) mass is 356 g/mol. The lowest BCUT2D eigenvalue weighted by molar-refractivity contribution is 0.627. The van der Waals surface area contributed by atoms with Crippen LogP contribution in [-0.4, -0.2) is 0 Å². The van der Waals surface area contributed by atoms with Crippen molar-refractivity contribution in [3.63, 3.8) is 0 Å². The molecule has 1 unspecified atom stereocenters. The van der Waals surface area contributed by atoms with Gasteiger partial charge in [-0.2, -0.15) is 0 Å². The van der Waals surface area contributed by atoms with Gasteiger partial charge in [-0.05, 0) is 47.9 Å². The molecule has 0 aliphatic heterocycles. The topological polar surface area (TPSA) is 0 Å². The maximum Gasteiger partial charge on any atom is 0.123 e. The molecule has 2 aromatic rings. The minimum absolute atomic E-state index is 0.0937. The molecule has 0 N–H and O–H groups in total. The molecule has 0 nitrogen and oxygen atoms in total. The van der Waals surface area contributed by atoms with Crippen LogP contribution in [0, 0.1) is 12.7 Å². The summed E-state index contributed by atoms with van der Waals surface area (Å²) in [7, 11) is 0. The summed E-state index contributed by atoms with van der Waals surface area (Å²) in [5, 5.41) is 0. The first kappa shape index (κ1) is 12.8. The Hall–Kier alpha value is -0.670. The first-order chi connectivity index (χ1) is 8.08. The summed E-state index contributed by atoms with van der Waals surface area (Å²) in [5.74, 6) is -0.207. The van der Waals surface area contributed by atoms with Crippen molar-refractivity contribution in [2.24, 2.45) is 0 Å². The molecule has 3 heteroatoms. The molecule has 0 saturated carbocycles. The highest BCUT2D eigenvalue weighted by Gasteiger charge is 2.12. The zero-order valence-corrected chi connectivity index (χ0v) is 12.4. The van der Waals surface area contributed by atoms with Crippen molar-refractivity contribution in [1.29, 1.82) is 0 Å². The van der Waals surface area contributed by atoms with Gasteiger partial charge in [0.15, 0.2) is 0 Å². The summed E-state index contributed by atoms with van der Waals surface area (Å²) >= 11 is 7.10. The fourth-order valence-electron chi connectivity index (χ4n) is 1.73. The molecular formula is C14H11Br2F. The summed E-state index contributed by atoms with van der Waals surface area (Å²) in [6, 6.07) is 12.7. The van der Waals surface area contributed by atoms with E-state index in [1.165, 1.54) is 23.3 Å². The lowest BCUT2D eigenvalue weighted by Gasteiger charge is -2.13. The molecule has 0 amide bonds. The van der Waals surface area contributed by atoms with Crippen molar-refractivity contribution >= 4 is 31.9 Å². The molecule has 0 aromatic heterocycles. The highest BCUT2D eigenvalue weighted by Crippen LogP contribution is 2.33. The number of hydrogen-bond acceptors (Lipinski definition) is 0. The van der Waals surface area contributed by atoms with E-state index in [-0.39, 0.29) is 10.6 Å². The van der Waals surface area contributed by atoms with E-state index in [9.17, 15) is 4.39 Å². The van der Waals surface area contributed by atoms with Crippen LogP contribution in [0.25, 0.3) is 0 Å². The van der Waals surface area contributed by atoms with E-state index in [0.29, 0.717) is 0 Å². The van der Waals surface area contributed by atoms with Gasteiger partial charge in [0.2, 0.25) is 0 Å². The van der Waals surface area contributed by atoms with Gasteiger partial charge in [0.05, 0.1) is 4.83 Å². The van der Waals surface area contributed by atoms with Crippen molar-refractivity contribution < 1.29 is 4.39 Å². The smallest absolute Gasteiger partial charge is 0.123 e. The maximum absolute atomic E-state index is 12.9. The Morgan fingerprint density at radius 1 is 1.06 bits per heavy atom. The average molecular weight is 358 g/mol. The summed E-state index contributed by atoms with van der Waals surface area (Å²) in [5.41, 5.74) is 3.45. The Labute approximate surface area is 117 Å². The molecule has 17 heavy (non-hydrogen) atoms. The maximum atomic E-state index is 12.9. The zero-order chi connectivity index (χ0) is 12.4. The van der Waals surface area contributed by atoms with Crippen molar-refractivity contribution in [2.45, 2.75) is 11.8 Å². The van der Waals surface area contributed by atoms with Crippen molar-refractivity contribution in [3.05, 3.63) is 69.4 Å². The van der Waals surface area contributed by atoms with Gasteiger partial charge in [0, 0.05) is 4.47 Å². The van der Waals surface area contributed by atoms with Gasteiger partial charge < -0.3 is 0 Å². The second-order valence-electron chi connectivity index (χ2n) is 3.92. The van der Waals surface area contributed by atoms with E-state index in [1.807, 2.05) is 6.07 Å². The highest BCUT2D eigenvalue weighted by atomic mass is 79.9. The molecule has 2 aromatic carbocycles. The van der Waals surface area contributed by atoms with Gasteiger partial charge in [0.1, 0.15) is 5.82 Å². The predicted octanol–water partition coefficient (Wildman–Crippen LogP) is 5.38. The van der Waals surface area contributed by atoms with Crippen LogP contribution in [0.2, 0.25) is 0 Å². The van der Waals surface area contributed by atoms with E-state index < -0.39 is 0 Å². The van der Waals surface area contributed by atoms with Gasteiger partial charge in [-0.15, -0.1) is 0 Å². The largest absolute Gasteiger partial charge is 0.207 e. The summed E-state index contributed by atoms with van der Waals surface area (Å²) in [6.07, 6.45) is 0. The highest BCUT2D eigenvalue weighted by molar-refractivity contribution is 9.10. The third kappa shape index (κ3) is 2.96. The van der Waals surface area contributed by atoms with E-state index in [0.717, 1.165) is 10.0 Å². The Balaban J connectivity index is 2.36. The standard InChI is InChI=1S/C14H11Br2F/c1-9-8-11(15)4-7-13(9)14(16)10-2-5-12(17)6-3-10/h2-8,14H,1H3. The minimum atomic E-state index is -0.207. The van der Waals surface area contributed by atoms with Gasteiger partial charge in [-0.1, -0.05) is 50.1 Å². The van der Waals surface area contributed by atoms with Gasteiger partial charge >= 0.3 is 0 Å². The van der Waals surface area contributed by atoms with Crippen LogP contribution in [0.1, 0.15) is 21.5 Å². The van der Waals surface area contributed by atoms with E-state index in [4.69, 9.17) is 0 Å². The summed E-state index contributed by atoms with van der Waals surface area (Å²) in [6.45, 7) is 2.07. The molecule has 0 aliphatic rings. The number of alkyl halides is 1. The molecule has 0 bridgehead atoms. The second-order valence-corrected chi connectivity index (χ2v) is 5.75. The lowest BCUT2D eigenvalue weighted by atomic mass is 10.0. The number of rotatable bonds is 2. The summed E-state index contributed by atoms with van der Waals surface area (Å²) in [4.78, 5) is 0.0937. The van der Waals surface area contributed by atoms with E-state index >= 15 is 0 Å². The number of hydrogen-bond donors (Lipinski definition) is 0. The van der Waals surface area contributed by atoms with Crippen LogP contribution in [0.4, 0.5) is 4.39 Å². The molecular weight excluding hydrogens is 347 g/mol. The Morgan fingerprint density at radius 2 is 1.71 bits per heavy atom. The third-order valence-electron chi connectivity index (χ3n) is 2.67. The molecule has 2 rings (SSSR count). The lowest BCUT2D eigenvalue weighted by Crippen LogP contribution is -1.95. The molecule has 88 valence electrons. The molecule has 0 fully saturated rings. The number of benzene rings is 2. The van der Waals surface area contributed by atoms with Gasteiger partial charge in [0.25, 0.3) is 0 Å². The molecule has 0 radical (unpaired) electrons. The number of halogens is 3. The Bertz CT molecular complexity index is 520. The third-order valence-corrected chi connectivity index (χ3v) is 4.18. The van der Waals surface area contributed by atoms with Crippen molar-refractivity contribution in [1.82, 2.24) is 0 Å². The van der Waals surface area contributed by atoms with Crippen LogP contribution in [0.15, 0.2) is 46.9 Å². The molecule has 0 spiro atoms. The molecule has 0 heterocycles. The zero-order valence-electron chi connectivity index (χ0n) is 9.25. The van der Waals surface area contributed by atoms with E-state index in [1.54, 1.807) is 12.1 Å². The molecule has 0 saturated heterocycles. The van der Waals surface area contributed by atoms with E-state index in [2.05, 4.69) is 50.9 Å². The summed E-state index contributed by atoms with van der Waals surface area (Å²) < 4.78 is 13.9. The van der Waals surface area contributed by atoms with Crippen LogP contribution >= 0.6 is 31.9 Å². The molecule has 0 aliphatic carbocycles. The van der Waals surface area contributed by atoms with Crippen LogP contribution < -0.4 is 0 Å². The fourth-order valence-corrected chi connectivity index (χ4v) is 3.03. The molecule has 1 atom stereocenters. The predicted molar refractivity (Wildman–Crippen MR) is 76.0 cm³/mol. The van der Waals surface area contributed by atoms with Crippen molar-refractivity contribution in [3.8, 4) is 0 Å². The van der Waals surface area contributed by atoms with Crippen molar-refractivity contribution in [2.75, 3.05) is 0 Å². The Morgan fingerprint density at radius 3 is 2.29 bits per heavy atom. The SMILES string of the molecule is Cc1cc(Br)ccc1C(Br)c1ccc(F)cc1. The fraction of sp³-hybridized carbons (Fsp3) is 0.143. The first-order valence-corrected chi connectivity index (χ1v) is 6.94. The second kappa shape index (κ2) is 5.32. The number of aryl methyl sites for hydroxylation is 1. The Kier molecular flexibility index (Phi) is 4.00. The van der Waals surface area contributed by atoms with Gasteiger partial charge in [-0.3, -0.25) is 0 Å². The van der Waals surface area contributed by atoms with Crippen LogP contribution in [-0.2, 0) is 0 Å². The van der Waals surface area contributed by atoms with Crippen LogP contribution in [0.5, 0.6) is 0 Å². The van der Waals surface area contributed by atoms with Crippen LogP contribution in [0.3, 0.4) is 0 Å². The quantitative estimate of drug-likeness (QED) is 0.633. The van der Waals surface area contributed by atoms with Gasteiger partial charge in [-0.25, -0.2) is 4.39 Å². The normalized spacial score (nSPS) is 12.5. The first-order valence-electron chi connectivity index (χ1n) is 5.23.